The number of rotatable bonds is 5. The first-order valence-corrected chi connectivity index (χ1v) is 8.83. The number of hydrogen-bond acceptors (Lipinski definition) is 4. The molecule has 0 saturated heterocycles. The van der Waals surface area contributed by atoms with E-state index in [1.54, 1.807) is 47.0 Å². The number of Topliss-reactive ketones (excluding diaryl/α,β-unsaturated/α-hetero) is 1. The molecule has 0 spiro atoms. The van der Waals surface area contributed by atoms with Crippen molar-refractivity contribution >= 4 is 22.9 Å². The lowest BCUT2D eigenvalue weighted by molar-refractivity contribution is 0.101. The van der Waals surface area contributed by atoms with Gasteiger partial charge in [0.15, 0.2) is 11.6 Å². The summed E-state index contributed by atoms with van der Waals surface area (Å²) in [5, 5.41) is 2.59. The summed E-state index contributed by atoms with van der Waals surface area (Å²) in [6.07, 6.45) is 3.10. The summed E-state index contributed by atoms with van der Waals surface area (Å²) in [7, 11) is 1.51. The zero-order valence-electron chi connectivity index (χ0n) is 15.7. The number of furan rings is 1. The summed E-state index contributed by atoms with van der Waals surface area (Å²) < 4.78 is 27.0. The van der Waals surface area contributed by atoms with Crippen LogP contribution in [0.25, 0.3) is 16.8 Å². The highest BCUT2D eigenvalue weighted by molar-refractivity contribution is 6.11. The average molecular weight is 392 g/mol. The van der Waals surface area contributed by atoms with E-state index in [1.807, 2.05) is 0 Å². The predicted octanol–water partition coefficient (Wildman–Crippen LogP) is 4.80. The largest absolute Gasteiger partial charge is 0.497 e. The Morgan fingerprint density at radius 1 is 1.14 bits per heavy atom. The van der Waals surface area contributed by atoms with Gasteiger partial charge in [-0.25, -0.2) is 4.39 Å². The fraction of sp³-hybridized carbons (Fsp3) is 0.0909. The number of methoxy groups -OCH3 is 1. The molecule has 0 fully saturated rings. The molecule has 146 valence electrons. The third-order valence-electron chi connectivity index (χ3n) is 4.62. The summed E-state index contributed by atoms with van der Waals surface area (Å²) in [4.78, 5) is 24.9. The smallest absolute Gasteiger partial charge is 0.257 e. The van der Waals surface area contributed by atoms with Gasteiger partial charge in [-0.1, -0.05) is 6.07 Å². The van der Waals surface area contributed by atoms with Crippen LogP contribution in [0.2, 0.25) is 0 Å². The molecule has 1 amide bonds. The molecular formula is C22H17FN2O4. The minimum Gasteiger partial charge on any atom is -0.497 e. The molecule has 0 aliphatic heterocycles. The summed E-state index contributed by atoms with van der Waals surface area (Å²) in [6.45, 7) is 1.42. The Morgan fingerprint density at radius 2 is 1.97 bits per heavy atom. The second kappa shape index (κ2) is 7.27. The van der Waals surface area contributed by atoms with Gasteiger partial charge in [0.25, 0.3) is 5.91 Å². The quantitative estimate of drug-likeness (QED) is 0.495. The Balaban J connectivity index is 1.75. The lowest BCUT2D eigenvalue weighted by Gasteiger charge is -2.09. The van der Waals surface area contributed by atoms with Crippen molar-refractivity contribution in [2.24, 2.45) is 0 Å². The van der Waals surface area contributed by atoms with E-state index in [1.165, 1.54) is 32.4 Å². The van der Waals surface area contributed by atoms with E-state index in [-0.39, 0.29) is 22.6 Å². The van der Waals surface area contributed by atoms with Crippen LogP contribution in [0.5, 0.6) is 5.75 Å². The number of nitrogens with zero attached hydrogens (tertiary/aromatic N) is 1. The molecule has 0 saturated carbocycles. The van der Waals surface area contributed by atoms with Gasteiger partial charge in [-0.3, -0.25) is 9.59 Å². The van der Waals surface area contributed by atoms with Gasteiger partial charge < -0.3 is 18.9 Å². The number of amides is 1. The van der Waals surface area contributed by atoms with Crippen molar-refractivity contribution in [3.05, 3.63) is 78.1 Å². The standard InChI is InChI=1S/C22H17FN2O4/c1-13(26)18-12-16(19-11-14(28-2)8-9-25(18)19)22(27)24-17-6-3-5-15(21(17)23)20-7-4-10-29-20/h3-12H,1-2H3,(H,24,27). The summed E-state index contributed by atoms with van der Waals surface area (Å²) in [5.74, 6) is -0.458. The molecule has 3 aromatic heterocycles. The zero-order valence-corrected chi connectivity index (χ0v) is 15.7. The summed E-state index contributed by atoms with van der Waals surface area (Å²) in [6, 6.07) is 12.8. The van der Waals surface area contributed by atoms with Gasteiger partial charge in [0.2, 0.25) is 0 Å². The monoisotopic (exact) mass is 392 g/mol. The summed E-state index contributed by atoms with van der Waals surface area (Å²) in [5.41, 5.74) is 1.31. The number of nitrogens with one attached hydrogen (secondary N) is 1. The molecule has 1 aromatic carbocycles. The first-order chi connectivity index (χ1) is 14.0. The molecule has 4 aromatic rings. The Hall–Kier alpha value is -3.87. The number of ketones is 1. The number of pyridine rings is 1. The van der Waals surface area contributed by atoms with Gasteiger partial charge in [0.05, 0.1) is 41.4 Å². The number of carbonyl (C=O) groups is 2. The van der Waals surface area contributed by atoms with Gasteiger partial charge in [0, 0.05) is 19.2 Å². The van der Waals surface area contributed by atoms with Crippen LogP contribution in [0.1, 0.15) is 27.8 Å². The maximum absolute atomic E-state index is 14.9. The molecule has 3 heterocycles. The zero-order chi connectivity index (χ0) is 20.5. The van der Waals surface area contributed by atoms with Crippen LogP contribution in [-0.4, -0.2) is 23.2 Å². The molecule has 0 atom stereocenters. The fourth-order valence-electron chi connectivity index (χ4n) is 3.20. The van der Waals surface area contributed by atoms with E-state index in [0.29, 0.717) is 22.7 Å². The van der Waals surface area contributed by atoms with Crippen molar-refractivity contribution in [2.45, 2.75) is 6.92 Å². The Morgan fingerprint density at radius 3 is 2.66 bits per heavy atom. The predicted molar refractivity (Wildman–Crippen MR) is 106 cm³/mol. The highest BCUT2D eigenvalue weighted by atomic mass is 19.1. The normalized spacial score (nSPS) is 10.9. The number of carbonyl (C=O) groups excluding carboxylic acids is 2. The first-order valence-electron chi connectivity index (χ1n) is 8.83. The molecule has 0 unspecified atom stereocenters. The Kier molecular flexibility index (Phi) is 4.64. The first kappa shape index (κ1) is 18.5. The SMILES string of the molecule is COc1ccn2c(C(C)=O)cc(C(=O)Nc3cccc(-c4ccco4)c3F)c2c1. The van der Waals surface area contributed by atoms with Crippen LogP contribution >= 0.6 is 0 Å². The number of anilines is 1. The van der Waals surface area contributed by atoms with E-state index in [2.05, 4.69) is 5.32 Å². The van der Waals surface area contributed by atoms with Gasteiger partial charge in [0.1, 0.15) is 11.5 Å². The van der Waals surface area contributed by atoms with Crippen LogP contribution in [0.3, 0.4) is 0 Å². The van der Waals surface area contributed by atoms with Crippen molar-refractivity contribution < 1.29 is 23.1 Å². The number of ether oxygens (including phenoxy) is 1. The number of fused-ring (bicyclic) bond motifs is 1. The maximum Gasteiger partial charge on any atom is 0.257 e. The van der Waals surface area contributed by atoms with Crippen LogP contribution in [0.15, 0.2) is 65.4 Å². The van der Waals surface area contributed by atoms with Crippen molar-refractivity contribution in [1.29, 1.82) is 0 Å². The lowest BCUT2D eigenvalue weighted by Crippen LogP contribution is -2.13. The van der Waals surface area contributed by atoms with Gasteiger partial charge in [-0.15, -0.1) is 0 Å². The van der Waals surface area contributed by atoms with Crippen molar-refractivity contribution in [2.75, 3.05) is 12.4 Å². The molecular weight excluding hydrogens is 375 g/mol. The van der Waals surface area contributed by atoms with Crippen molar-refractivity contribution in [3.8, 4) is 17.1 Å². The maximum atomic E-state index is 14.9. The molecule has 1 N–H and O–H groups in total. The van der Waals surface area contributed by atoms with Crippen LogP contribution < -0.4 is 10.1 Å². The molecule has 0 aliphatic carbocycles. The van der Waals surface area contributed by atoms with E-state index >= 15 is 0 Å². The van der Waals surface area contributed by atoms with Crippen LogP contribution in [0, 0.1) is 5.82 Å². The Labute approximate surface area is 165 Å². The third-order valence-corrected chi connectivity index (χ3v) is 4.62. The number of hydrogen-bond donors (Lipinski definition) is 1. The molecule has 7 heteroatoms. The highest BCUT2D eigenvalue weighted by Gasteiger charge is 2.20. The molecule has 29 heavy (non-hydrogen) atoms. The topological polar surface area (TPSA) is 73.0 Å². The lowest BCUT2D eigenvalue weighted by atomic mass is 10.1. The number of aromatic nitrogens is 1. The number of benzene rings is 1. The van der Waals surface area contributed by atoms with E-state index in [0.717, 1.165) is 0 Å². The van der Waals surface area contributed by atoms with Gasteiger partial charge in [-0.2, -0.15) is 0 Å². The highest BCUT2D eigenvalue weighted by Crippen LogP contribution is 2.29. The van der Waals surface area contributed by atoms with Crippen LogP contribution in [0.4, 0.5) is 10.1 Å². The second-order valence-electron chi connectivity index (χ2n) is 6.42. The third kappa shape index (κ3) is 3.27. The van der Waals surface area contributed by atoms with E-state index < -0.39 is 11.7 Å². The molecule has 6 nitrogen and oxygen atoms in total. The fourth-order valence-corrected chi connectivity index (χ4v) is 3.20. The van der Waals surface area contributed by atoms with Gasteiger partial charge in [-0.05, 0) is 36.4 Å². The summed E-state index contributed by atoms with van der Waals surface area (Å²) >= 11 is 0. The average Bonchev–Trinajstić information content (AvgIpc) is 3.37. The molecule has 0 radical (unpaired) electrons. The van der Waals surface area contributed by atoms with E-state index in [4.69, 9.17) is 9.15 Å². The van der Waals surface area contributed by atoms with Crippen molar-refractivity contribution in [3.63, 3.8) is 0 Å². The van der Waals surface area contributed by atoms with Gasteiger partial charge >= 0.3 is 0 Å². The molecule has 0 bridgehead atoms. The number of halogens is 1. The van der Waals surface area contributed by atoms with Crippen LogP contribution in [-0.2, 0) is 0 Å². The second-order valence-corrected chi connectivity index (χ2v) is 6.42. The Bertz CT molecular complexity index is 1230. The molecule has 4 rings (SSSR count). The minimum absolute atomic E-state index is 0.00974. The molecule has 0 aliphatic rings. The van der Waals surface area contributed by atoms with E-state index in [9.17, 15) is 14.0 Å². The minimum atomic E-state index is -0.608. The van der Waals surface area contributed by atoms with Crippen molar-refractivity contribution in [1.82, 2.24) is 4.40 Å².